The summed E-state index contributed by atoms with van der Waals surface area (Å²) in [6.45, 7) is 2.08. The highest BCUT2D eigenvalue weighted by molar-refractivity contribution is 5.78. The maximum Gasteiger partial charge on any atom is 0.391 e. The van der Waals surface area contributed by atoms with Gasteiger partial charge in [-0.2, -0.15) is 13.2 Å². The van der Waals surface area contributed by atoms with Gasteiger partial charge in [0.2, 0.25) is 0 Å². The second kappa shape index (κ2) is 6.20. The molecule has 22 heavy (non-hydrogen) atoms. The van der Waals surface area contributed by atoms with Gasteiger partial charge in [-0.05, 0) is 50.2 Å². The van der Waals surface area contributed by atoms with Crippen LogP contribution in [0.25, 0.3) is 11.0 Å². The molecule has 0 N–H and O–H groups in total. The Balaban J connectivity index is 1.44. The van der Waals surface area contributed by atoms with Gasteiger partial charge in [-0.3, -0.25) is 4.90 Å². The SMILES string of the molecule is FC(F)(F)C1CCN(CCOc2ccc3occc3c2)CC1. The zero-order valence-corrected chi connectivity index (χ0v) is 12.1. The largest absolute Gasteiger partial charge is 0.492 e. The number of fused-ring (bicyclic) bond motifs is 1. The Morgan fingerprint density at radius 2 is 1.95 bits per heavy atom. The third-order valence-corrected chi connectivity index (χ3v) is 4.15. The van der Waals surface area contributed by atoms with Crippen molar-refractivity contribution < 1.29 is 22.3 Å². The summed E-state index contributed by atoms with van der Waals surface area (Å²) in [6.07, 6.45) is -2.06. The van der Waals surface area contributed by atoms with Crippen molar-refractivity contribution in [3.63, 3.8) is 0 Å². The van der Waals surface area contributed by atoms with E-state index >= 15 is 0 Å². The van der Waals surface area contributed by atoms with Crippen molar-refractivity contribution >= 4 is 11.0 Å². The Labute approximate surface area is 126 Å². The highest BCUT2D eigenvalue weighted by Crippen LogP contribution is 2.34. The second-order valence-electron chi connectivity index (χ2n) is 5.63. The first-order valence-corrected chi connectivity index (χ1v) is 7.41. The van der Waals surface area contributed by atoms with Gasteiger partial charge in [-0.1, -0.05) is 0 Å². The van der Waals surface area contributed by atoms with Gasteiger partial charge in [0.15, 0.2) is 0 Å². The molecule has 0 radical (unpaired) electrons. The smallest absolute Gasteiger partial charge is 0.391 e. The number of hydrogen-bond donors (Lipinski definition) is 0. The molecule has 0 unspecified atom stereocenters. The molecule has 0 amide bonds. The van der Waals surface area contributed by atoms with Crippen LogP contribution in [0, 0.1) is 5.92 Å². The minimum atomic E-state index is -4.05. The number of hydrogen-bond acceptors (Lipinski definition) is 3. The Bertz CT molecular complexity index is 615. The summed E-state index contributed by atoms with van der Waals surface area (Å²) < 4.78 is 48.7. The molecule has 1 aliphatic rings. The topological polar surface area (TPSA) is 25.6 Å². The van der Waals surface area contributed by atoms with E-state index in [1.807, 2.05) is 29.2 Å². The molecule has 0 saturated carbocycles. The summed E-state index contributed by atoms with van der Waals surface area (Å²) in [6, 6.07) is 7.44. The van der Waals surface area contributed by atoms with Crippen molar-refractivity contribution in [2.24, 2.45) is 5.92 Å². The Morgan fingerprint density at radius 1 is 1.18 bits per heavy atom. The van der Waals surface area contributed by atoms with Crippen LogP contribution in [-0.4, -0.2) is 37.3 Å². The van der Waals surface area contributed by atoms with E-state index in [9.17, 15) is 13.2 Å². The Kier molecular flexibility index (Phi) is 4.29. The molecule has 120 valence electrons. The molecule has 0 bridgehead atoms. The maximum absolute atomic E-state index is 12.6. The van der Waals surface area contributed by atoms with E-state index in [0.29, 0.717) is 26.2 Å². The monoisotopic (exact) mass is 313 g/mol. The van der Waals surface area contributed by atoms with Gasteiger partial charge in [-0.15, -0.1) is 0 Å². The van der Waals surface area contributed by atoms with Gasteiger partial charge in [0.25, 0.3) is 0 Å². The summed E-state index contributed by atoms with van der Waals surface area (Å²) in [7, 11) is 0. The predicted octanol–water partition coefficient (Wildman–Crippen LogP) is 4.09. The standard InChI is InChI=1S/C16H18F3NO2/c17-16(18,19)13-3-6-20(7-4-13)8-10-21-14-1-2-15-12(11-14)5-9-22-15/h1-2,5,9,11,13H,3-4,6-8,10H2. The van der Waals surface area contributed by atoms with Gasteiger partial charge in [0, 0.05) is 11.9 Å². The Morgan fingerprint density at radius 3 is 2.68 bits per heavy atom. The van der Waals surface area contributed by atoms with Crippen molar-refractivity contribution in [2.45, 2.75) is 19.0 Å². The molecule has 2 aromatic rings. The quantitative estimate of drug-likeness (QED) is 0.850. The molecule has 3 nitrogen and oxygen atoms in total. The molecule has 0 spiro atoms. The third kappa shape index (κ3) is 3.55. The van der Waals surface area contributed by atoms with Crippen molar-refractivity contribution in [3.05, 3.63) is 30.5 Å². The fourth-order valence-corrected chi connectivity index (χ4v) is 2.81. The van der Waals surface area contributed by atoms with Crippen LogP contribution in [-0.2, 0) is 0 Å². The molecular formula is C16H18F3NO2. The molecule has 1 aromatic carbocycles. The number of likely N-dealkylation sites (tertiary alicyclic amines) is 1. The number of rotatable bonds is 4. The lowest BCUT2D eigenvalue weighted by Crippen LogP contribution is -2.40. The minimum Gasteiger partial charge on any atom is -0.492 e. The van der Waals surface area contributed by atoms with Crippen LogP contribution in [0.3, 0.4) is 0 Å². The number of halogens is 3. The van der Waals surface area contributed by atoms with Gasteiger partial charge in [-0.25, -0.2) is 0 Å². The van der Waals surface area contributed by atoms with Gasteiger partial charge >= 0.3 is 6.18 Å². The number of alkyl halides is 3. The highest BCUT2D eigenvalue weighted by Gasteiger charge is 2.40. The first-order valence-electron chi connectivity index (χ1n) is 7.41. The van der Waals surface area contributed by atoms with Crippen LogP contribution in [0.5, 0.6) is 5.75 Å². The predicted molar refractivity (Wildman–Crippen MR) is 76.9 cm³/mol. The Hall–Kier alpha value is -1.69. The van der Waals surface area contributed by atoms with Gasteiger partial charge in [0.1, 0.15) is 17.9 Å². The number of piperidine rings is 1. The number of furan rings is 1. The zero-order chi connectivity index (χ0) is 15.6. The summed E-state index contributed by atoms with van der Waals surface area (Å²) in [5.74, 6) is -0.396. The van der Waals surface area contributed by atoms with E-state index in [4.69, 9.17) is 9.15 Å². The first-order chi connectivity index (χ1) is 10.5. The molecule has 0 atom stereocenters. The van der Waals surface area contributed by atoms with Crippen molar-refractivity contribution in [1.29, 1.82) is 0 Å². The number of benzene rings is 1. The van der Waals surface area contributed by atoms with E-state index < -0.39 is 12.1 Å². The summed E-state index contributed by atoms with van der Waals surface area (Å²) in [5, 5.41) is 0.975. The lowest BCUT2D eigenvalue weighted by atomic mass is 9.96. The lowest BCUT2D eigenvalue weighted by Gasteiger charge is -2.32. The van der Waals surface area contributed by atoms with E-state index in [-0.39, 0.29) is 12.8 Å². The van der Waals surface area contributed by atoms with Crippen LogP contribution >= 0.6 is 0 Å². The summed E-state index contributed by atoms with van der Waals surface area (Å²) >= 11 is 0. The maximum atomic E-state index is 12.6. The highest BCUT2D eigenvalue weighted by atomic mass is 19.4. The van der Waals surface area contributed by atoms with Gasteiger partial charge < -0.3 is 9.15 Å². The van der Waals surface area contributed by atoms with E-state index in [2.05, 4.69) is 0 Å². The van der Waals surface area contributed by atoms with Gasteiger partial charge in [0.05, 0.1) is 12.2 Å². The molecule has 0 aliphatic carbocycles. The zero-order valence-electron chi connectivity index (χ0n) is 12.1. The van der Waals surface area contributed by atoms with Crippen LogP contribution in [0.1, 0.15) is 12.8 Å². The van der Waals surface area contributed by atoms with Crippen LogP contribution in [0.4, 0.5) is 13.2 Å². The first kappa shape index (κ1) is 15.2. The fraction of sp³-hybridized carbons (Fsp3) is 0.500. The van der Waals surface area contributed by atoms with Crippen LogP contribution in [0.2, 0.25) is 0 Å². The van der Waals surface area contributed by atoms with E-state index in [1.165, 1.54) is 0 Å². The average molecular weight is 313 g/mol. The summed E-state index contributed by atoms with van der Waals surface area (Å²) in [4.78, 5) is 2.03. The molecule has 1 aliphatic heterocycles. The normalized spacial score (nSPS) is 18.0. The van der Waals surface area contributed by atoms with Crippen molar-refractivity contribution in [3.8, 4) is 5.75 Å². The molecule has 1 saturated heterocycles. The third-order valence-electron chi connectivity index (χ3n) is 4.15. The molecule has 6 heteroatoms. The van der Waals surface area contributed by atoms with Crippen molar-refractivity contribution in [1.82, 2.24) is 4.90 Å². The molecule has 1 aromatic heterocycles. The molecular weight excluding hydrogens is 295 g/mol. The number of ether oxygens (including phenoxy) is 1. The average Bonchev–Trinajstić information content (AvgIpc) is 2.94. The van der Waals surface area contributed by atoms with Crippen LogP contribution in [0.15, 0.2) is 34.9 Å². The second-order valence-corrected chi connectivity index (χ2v) is 5.63. The number of nitrogens with zero attached hydrogens (tertiary/aromatic N) is 1. The van der Waals surface area contributed by atoms with E-state index in [1.54, 1.807) is 6.26 Å². The molecule has 3 rings (SSSR count). The van der Waals surface area contributed by atoms with E-state index in [0.717, 1.165) is 16.7 Å². The summed E-state index contributed by atoms with van der Waals surface area (Å²) in [5.41, 5.74) is 0.807. The fourth-order valence-electron chi connectivity index (χ4n) is 2.81. The molecule has 2 heterocycles. The lowest BCUT2D eigenvalue weighted by molar-refractivity contribution is -0.185. The van der Waals surface area contributed by atoms with Crippen LogP contribution < -0.4 is 4.74 Å². The van der Waals surface area contributed by atoms with Crippen molar-refractivity contribution in [2.75, 3.05) is 26.2 Å². The molecule has 1 fully saturated rings. The minimum absolute atomic E-state index is 0.185.